The zero-order chi connectivity index (χ0) is 12.5. The summed E-state index contributed by atoms with van der Waals surface area (Å²) >= 11 is 0. The molecule has 0 fully saturated rings. The highest BCUT2D eigenvalue weighted by Gasteiger charge is 2.16. The van der Waals surface area contributed by atoms with Crippen molar-refractivity contribution < 1.29 is 9.53 Å². The van der Waals surface area contributed by atoms with Gasteiger partial charge in [-0.05, 0) is 13.0 Å². The van der Waals surface area contributed by atoms with E-state index in [-0.39, 0.29) is 0 Å². The number of ether oxygens (including phenoxy) is 1. The number of aromatic nitrogens is 4. The van der Waals surface area contributed by atoms with E-state index in [4.69, 9.17) is 4.74 Å². The molecule has 3 rings (SSSR count). The van der Waals surface area contributed by atoms with E-state index in [9.17, 15) is 4.79 Å². The van der Waals surface area contributed by atoms with Gasteiger partial charge in [0.15, 0.2) is 5.69 Å². The molecular formula is C12H10N4O2. The first-order valence-electron chi connectivity index (χ1n) is 5.55. The van der Waals surface area contributed by atoms with E-state index in [2.05, 4.69) is 20.2 Å². The SMILES string of the molecule is CCOC(=O)c1[nH]nc2c1ccc1cncnc12. The average molecular weight is 242 g/mol. The predicted octanol–water partition coefficient (Wildman–Crippen LogP) is 1.68. The van der Waals surface area contributed by atoms with Crippen LogP contribution in [0, 0.1) is 0 Å². The second kappa shape index (κ2) is 4.06. The van der Waals surface area contributed by atoms with Crippen LogP contribution < -0.4 is 0 Å². The summed E-state index contributed by atoms with van der Waals surface area (Å²) in [5.41, 5.74) is 1.72. The first kappa shape index (κ1) is 10.6. The summed E-state index contributed by atoms with van der Waals surface area (Å²) in [5, 5.41) is 8.43. The number of carbonyl (C=O) groups is 1. The van der Waals surface area contributed by atoms with E-state index in [1.807, 2.05) is 12.1 Å². The molecule has 0 aliphatic rings. The summed E-state index contributed by atoms with van der Waals surface area (Å²) in [5.74, 6) is -0.409. The molecule has 90 valence electrons. The number of hydrogen-bond acceptors (Lipinski definition) is 5. The van der Waals surface area contributed by atoms with E-state index in [0.29, 0.717) is 28.7 Å². The van der Waals surface area contributed by atoms with Gasteiger partial charge in [0, 0.05) is 17.0 Å². The topological polar surface area (TPSA) is 80.8 Å². The summed E-state index contributed by atoms with van der Waals surface area (Å²) in [6.07, 6.45) is 3.17. The molecule has 2 aromatic heterocycles. The van der Waals surface area contributed by atoms with Gasteiger partial charge in [-0.15, -0.1) is 0 Å². The monoisotopic (exact) mass is 242 g/mol. The van der Waals surface area contributed by atoms with Crippen LogP contribution >= 0.6 is 0 Å². The maximum atomic E-state index is 11.7. The lowest BCUT2D eigenvalue weighted by Gasteiger charge is -1.99. The Balaban J connectivity index is 2.26. The zero-order valence-corrected chi connectivity index (χ0v) is 9.67. The fraction of sp³-hybridized carbons (Fsp3) is 0.167. The first-order valence-corrected chi connectivity index (χ1v) is 5.55. The number of carbonyl (C=O) groups excluding carboxylic acids is 1. The van der Waals surface area contributed by atoms with Gasteiger partial charge in [-0.2, -0.15) is 5.10 Å². The molecule has 1 aromatic carbocycles. The molecule has 6 heteroatoms. The number of nitrogens with zero attached hydrogens (tertiary/aromatic N) is 3. The number of nitrogens with one attached hydrogen (secondary N) is 1. The van der Waals surface area contributed by atoms with Crippen molar-refractivity contribution >= 4 is 27.8 Å². The maximum absolute atomic E-state index is 11.7. The smallest absolute Gasteiger partial charge is 0.356 e. The number of hydrogen-bond donors (Lipinski definition) is 1. The van der Waals surface area contributed by atoms with Crippen LogP contribution in [0.3, 0.4) is 0 Å². The van der Waals surface area contributed by atoms with Crippen LogP contribution in [0.2, 0.25) is 0 Å². The van der Waals surface area contributed by atoms with Crippen molar-refractivity contribution in [3.05, 3.63) is 30.4 Å². The van der Waals surface area contributed by atoms with E-state index < -0.39 is 5.97 Å². The molecule has 0 aliphatic heterocycles. The summed E-state index contributed by atoms with van der Waals surface area (Å²) in [4.78, 5) is 19.9. The van der Waals surface area contributed by atoms with Gasteiger partial charge in [0.05, 0.1) is 6.61 Å². The molecular weight excluding hydrogens is 232 g/mol. The van der Waals surface area contributed by atoms with Crippen LogP contribution in [-0.2, 0) is 4.74 Å². The van der Waals surface area contributed by atoms with Gasteiger partial charge in [0.2, 0.25) is 0 Å². The van der Waals surface area contributed by atoms with Crippen molar-refractivity contribution in [2.75, 3.05) is 6.61 Å². The first-order chi connectivity index (χ1) is 8.81. The van der Waals surface area contributed by atoms with Gasteiger partial charge >= 0.3 is 5.97 Å². The van der Waals surface area contributed by atoms with Gasteiger partial charge < -0.3 is 4.74 Å². The molecule has 0 amide bonds. The Morgan fingerprint density at radius 3 is 3.11 bits per heavy atom. The van der Waals surface area contributed by atoms with Crippen LogP contribution in [0.15, 0.2) is 24.7 Å². The number of H-pyrrole nitrogens is 1. The Bertz CT molecular complexity index is 735. The van der Waals surface area contributed by atoms with Crippen molar-refractivity contribution in [2.24, 2.45) is 0 Å². The lowest BCUT2D eigenvalue weighted by atomic mass is 10.1. The quantitative estimate of drug-likeness (QED) is 0.691. The maximum Gasteiger partial charge on any atom is 0.356 e. The van der Waals surface area contributed by atoms with Crippen LogP contribution in [-0.4, -0.2) is 32.7 Å². The molecule has 6 nitrogen and oxygen atoms in total. The lowest BCUT2D eigenvalue weighted by molar-refractivity contribution is 0.0521. The third-order valence-electron chi connectivity index (χ3n) is 2.68. The minimum absolute atomic E-state index is 0.328. The molecule has 1 N–H and O–H groups in total. The fourth-order valence-corrected chi connectivity index (χ4v) is 1.89. The summed E-state index contributed by atoms with van der Waals surface area (Å²) in [7, 11) is 0. The Morgan fingerprint density at radius 1 is 1.39 bits per heavy atom. The van der Waals surface area contributed by atoms with E-state index in [0.717, 1.165) is 5.39 Å². The Hall–Kier alpha value is -2.50. The molecule has 2 heterocycles. The predicted molar refractivity (Wildman–Crippen MR) is 65.1 cm³/mol. The Kier molecular flexibility index (Phi) is 2.40. The third kappa shape index (κ3) is 1.50. The Morgan fingerprint density at radius 2 is 2.28 bits per heavy atom. The summed E-state index contributed by atoms with van der Waals surface area (Å²) in [6.45, 7) is 2.09. The van der Waals surface area contributed by atoms with Gasteiger partial charge in [0.1, 0.15) is 17.4 Å². The van der Waals surface area contributed by atoms with Crippen molar-refractivity contribution in [1.29, 1.82) is 0 Å². The number of fused-ring (bicyclic) bond motifs is 3. The Labute approximate surface area is 102 Å². The highest BCUT2D eigenvalue weighted by atomic mass is 16.5. The normalized spacial score (nSPS) is 10.9. The molecule has 0 unspecified atom stereocenters. The molecule has 0 bridgehead atoms. The molecule has 0 saturated carbocycles. The highest BCUT2D eigenvalue weighted by Crippen LogP contribution is 2.23. The van der Waals surface area contributed by atoms with Gasteiger partial charge in [0.25, 0.3) is 0 Å². The molecule has 0 atom stereocenters. The molecule has 0 radical (unpaired) electrons. The van der Waals surface area contributed by atoms with Gasteiger partial charge in [-0.25, -0.2) is 14.8 Å². The second-order valence-corrected chi connectivity index (χ2v) is 3.74. The number of aromatic amines is 1. The van der Waals surface area contributed by atoms with E-state index in [1.165, 1.54) is 6.33 Å². The van der Waals surface area contributed by atoms with Crippen LogP contribution in [0.25, 0.3) is 21.8 Å². The minimum Gasteiger partial charge on any atom is -0.461 e. The van der Waals surface area contributed by atoms with E-state index >= 15 is 0 Å². The number of esters is 1. The number of benzene rings is 1. The molecule has 0 spiro atoms. The lowest BCUT2D eigenvalue weighted by Crippen LogP contribution is -2.05. The van der Waals surface area contributed by atoms with Crippen LogP contribution in [0.1, 0.15) is 17.4 Å². The fourth-order valence-electron chi connectivity index (χ4n) is 1.89. The van der Waals surface area contributed by atoms with Crippen molar-refractivity contribution in [3.8, 4) is 0 Å². The molecule has 18 heavy (non-hydrogen) atoms. The standard InChI is InChI=1S/C12H10N4O2/c1-2-18-12(17)11-8-4-3-7-5-13-6-14-9(7)10(8)15-16-11/h3-6H,2H2,1H3,(H,15,16). The second-order valence-electron chi connectivity index (χ2n) is 3.74. The molecule has 0 aliphatic carbocycles. The number of rotatable bonds is 2. The van der Waals surface area contributed by atoms with Crippen molar-refractivity contribution in [2.45, 2.75) is 6.92 Å². The van der Waals surface area contributed by atoms with Crippen LogP contribution in [0.5, 0.6) is 0 Å². The molecule has 3 aromatic rings. The largest absolute Gasteiger partial charge is 0.461 e. The van der Waals surface area contributed by atoms with Gasteiger partial charge in [-0.3, -0.25) is 5.10 Å². The average Bonchev–Trinajstić information content (AvgIpc) is 2.83. The third-order valence-corrected chi connectivity index (χ3v) is 2.68. The van der Waals surface area contributed by atoms with Gasteiger partial charge in [-0.1, -0.05) is 6.07 Å². The minimum atomic E-state index is -0.409. The van der Waals surface area contributed by atoms with Crippen LogP contribution in [0.4, 0.5) is 0 Å². The molecule has 0 saturated heterocycles. The summed E-state index contributed by atoms with van der Waals surface area (Å²) < 4.78 is 4.96. The van der Waals surface area contributed by atoms with Crippen molar-refractivity contribution in [3.63, 3.8) is 0 Å². The van der Waals surface area contributed by atoms with Crippen molar-refractivity contribution in [1.82, 2.24) is 20.2 Å². The highest BCUT2D eigenvalue weighted by molar-refractivity contribution is 6.10. The zero-order valence-electron chi connectivity index (χ0n) is 9.67. The summed E-state index contributed by atoms with van der Waals surface area (Å²) in [6, 6.07) is 3.67. The van der Waals surface area contributed by atoms with E-state index in [1.54, 1.807) is 13.1 Å².